The zero-order valence-corrected chi connectivity index (χ0v) is 11.6. The van der Waals surface area contributed by atoms with Crippen LogP contribution >= 0.6 is 15.9 Å². The van der Waals surface area contributed by atoms with Gasteiger partial charge < -0.3 is 15.0 Å². The molecule has 0 unspecified atom stereocenters. The Labute approximate surface area is 117 Å². The first-order chi connectivity index (χ1) is 8.90. The van der Waals surface area contributed by atoms with E-state index in [1.165, 1.54) is 6.20 Å². The quantitative estimate of drug-likeness (QED) is 0.530. The molecule has 1 aromatic heterocycles. The second kappa shape index (κ2) is 7.08. The van der Waals surface area contributed by atoms with Crippen molar-refractivity contribution in [3.8, 4) is 0 Å². The fourth-order valence-electron chi connectivity index (χ4n) is 1.14. The number of benzene rings is 1. The molecule has 1 aromatic carbocycles. The lowest BCUT2D eigenvalue weighted by molar-refractivity contribution is 0.426. The van der Waals surface area contributed by atoms with Gasteiger partial charge in [0.05, 0.1) is 0 Å². The van der Waals surface area contributed by atoms with Crippen molar-refractivity contribution in [3.63, 3.8) is 0 Å². The minimum Gasteiger partial charge on any atom is -0.423 e. The van der Waals surface area contributed by atoms with Crippen LogP contribution in [0, 0.1) is 6.92 Å². The van der Waals surface area contributed by atoms with E-state index in [4.69, 9.17) is 10.0 Å². The van der Waals surface area contributed by atoms with E-state index < -0.39 is 12.8 Å². The summed E-state index contributed by atoms with van der Waals surface area (Å²) in [4.78, 5) is 25.3. The third-order valence-electron chi connectivity index (χ3n) is 2.15. The summed E-state index contributed by atoms with van der Waals surface area (Å²) >= 11 is 3.21. The first kappa shape index (κ1) is 15.4. The Morgan fingerprint density at radius 2 is 1.95 bits per heavy atom. The zero-order chi connectivity index (χ0) is 14.4. The van der Waals surface area contributed by atoms with Crippen LogP contribution in [0.2, 0.25) is 0 Å². The summed E-state index contributed by atoms with van der Waals surface area (Å²) in [5.74, 6) is 0. The van der Waals surface area contributed by atoms with Crippen LogP contribution < -0.4 is 16.7 Å². The second-order valence-corrected chi connectivity index (χ2v) is 4.60. The minimum atomic E-state index is -1.38. The number of aromatic nitrogens is 2. The van der Waals surface area contributed by atoms with Crippen LogP contribution in [0.1, 0.15) is 5.56 Å². The van der Waals surface area contributed by atoms with Crippen molar-refractivity contribution in [3.05, 3.63) is 61.3 Å². The van der Waals surface area contributed by atoms with Crippen molar-refractivity contribution in [1.29, 1.82) is 0 Å². The van der Waals surface area contributed by atoms with Crippen molar-refractivity contribution in [2.24, 2.45) is 0 Å². The van der Waals surface area contributed by atoms with Crippen LogP contribution in [-0.2, 0) is 0 Å². The van der Waals surface area contributed by atoms with Gasteiger partial charge in [0.1, 0.15) is 0 Å². The maximum atomic E-state index is 10.6. The van der Waals surface area contributed by atoms with Crippen LogP contribution in [-0.4, -0.2) is 27.1 Å². The number of nitrogens with one attached hydrogen (secondary N) is 2. The Hall–Kier alpha value is -1.64. The molecule has 2 aromatic rings. The molecule has 0 saturated heterocycles. The Morgan fingerprint density at radius 3 is 2.37 bits per heavy atom. The summed E-state index contributed by atoms with van der Waals surface area (Å²) in [5, 5.41) is 17.4. The number of hydrogen-bond acceptors (Lipinski definition) is 4. The van der Waals surface area contributed by atoms with Gasteiger partial charge in [-0.3, -0.25) is 9.78 Å². The van der Waals surface area contributed by atoms with E-state index in [0.29, 0.717) is 11.0 Å². The lowest BCUT2D eigenvalue weighted by atomic mass is 9.81. The molecule has 0 spiro atoms. The molecule has 0 aliphatic rings. The molecular weight excluding hydrogens is 315 g/mol. The normalized spacial score (nSPS) is 9.47. The van der Waals surface area contributed by atoms with Gasteiger partial charge in [-0.2, -0.15) is 0 Å². The SMILES string of the molecule is Cc1c[nH]c(=O)[nH]c1=O.OB(O)c1cccc(Br)c1. The summed E-state index contributed by atoms with van der Waals surface area (Å²) in [6, 6.07) is 6.88. The fraction of sp³-hybridized carbons (Fsp3) is 0.0909. The maximum absolute atomic E-state index is 10.6. The molecule has 4 N–H and O–H groups in total. The van der Waals surface area contributed by atoms with Crippen molar-refractivity contribution in [2.45, 2.75) is 6.92 Å². The molecule has 1 heterocycles. The van der Waals surface area contributed by atoms with Crippen LogP contribution in [0.25, 0.3) is 0 Å². The molecule has 6 nitrogen and oxygen atoms in total. The highest BCUT2D eigenvalue weighted by molar-refractivity contribution is 9.10. The number of hydrogen-bond donors (Lipinski definition) is 4. The van der Waals surface area contributed by atoms with Crippen molar-refractivity contribution >= 4 is 28.5 Å². The highest BCUT2D eigenvalue weighted by atomic mass is 79.9. The maximum Gasteiger partial charge on any atom is 0.488 e. The molecule has 0 atom stereocenters. The van der Waals surface area contributed by atoms with Crippen LogP contribution in [0.4, 0.5) is 0 Å². The highest BCUT2D eigenvalue weighted by Gasteiger charge is 2.09. The van der Waals surface area contributed by atoms with E-state index in [9.17, 15) is 9.59 Å². The Balaban J connectivity index is 0.000000191. The fourth-order valence-corrected chi connectivity index (χ4v) is 1.56. The molecule has 0 radical (unpaired) electrons. The lowest BCUT2D eigenvalue weighted by Gasteiger charge is -1.97. The van der Waals surface area contributed by atoms with Gasteiger partial charge in [0.2, 0.25) is 0 Å². The average molecular weight is 327 g/mol. The molecule has 0 bridgehead atoms. The number of aromatic amines is 2. The van der Waals surface area contributed by atoms with E-state index in [1.807, 2.05) is 6.07 Å². The number of aryl methyl sites for hydroxylation is 1. The minimum absolute atomic E-state index is 0.334. The highest BCUT2D eigenvalue weighted by Crippen LogP contribution is 2.04. The van der Waals surface area contributed by atoms with Gasteiger partial charge in [0.25, 0.3) is 5.56 Å². The van der Waals surface area contributed by atoms with Crippen molar-refractivity contribution in [1.82, 2.24) is 9.97 Å². The number of halogens is 1. The third kappa shape index (κ3) is 5.25. The molecule has 0 aliphatic heterocycles. The third-order valence-corrected chi connectivity index (χ3v) is 2.65. The monoisotopic (exact) mass is 326 g/mol. The molecule has 0 saturated carbocycles. The van der Waals surface area contributed by atoms with Crippen LogP contribution in [0.15, 0.2) is 44.5 Å². The molecule has 8 heteroatoms. The number of H-pyrrole nitrogens is 2. The largest absolute Gasteiger partial charge is 0.488 e. The molecule has 0 amide bonds. The van der Waals surface area contributed by atoms with Gasteiger partial charge in [0, 0.05) is 16.2 Å². The summed E-state index contributed by atoms with van der Waals surface area (Å²) in [7, 11) is -1.38. The Morgan fingerprint density at radius 1 is 1.26 bits per heavy atom. The van der Waals surface area contributed by atoms with Gasteiger partial charge in [0.15, 0.2) is 0 Å². The van der Waals surface area contributed by atoms with Gasteiger partial charge in [-0.15, -0.1) is 0 Å². The molecule has 100 valence electrons. The smallest absolute Gasteiger partial charge is 0.423 e. The van der Waals surface area contributed by atoms with Crippen LogP contribution in [0.5, 0.6) is 0 Å². The first-order valence-corrected chi connectivity index (χ1v) is 6.09. The summed E-state index contributed by atoms with van der Waals surface area (Å²) in [5.41, 5.74) is 0.202. The standard InChI is InChI=1S/C6H6BBrO2.C5H6N2O2/c8-6-3-1-2-5(4-6)7(9)10;1-3-2-6-5(9)7-4(3)8/h1-4,9-10H;2H,1H3,(H2,6,7,8,9). The van der Waals surface area contributed by atoms with Gasteiger partial charge in [-0.1, -0.05) is 28.1 Å². The second-order valence-electron chi connectivity index (χ2n) is 3.68. The Bertz CT molecular complexity index is 653. The molecular formula is C11H12BBrN2O4. The van der Waals surface area contributed by atoms with E-state index in [0.717, 1.165) is 4.47 Å². The zero-order valence-electron chi connectivity index (χ0n) is 10.1. The predicted molar refractivity (Wildman–Crippen MR) is 76.4 cm³/mol. The van der Waals surface area contributed by atoms with Crippen LogP contribution in [0.3, 0.4) is 0 Å². The van der Waals surface area contributed by atoms with Gasteiger partial charge in [-0.05, 0) is 24.5 Å². The van der Waals surface area contributed by atoms with Crippen molar-refractivity contribution < 1.29 is 10.0 Å². The first-order valence-electron chi connectivity index (χ1n) is 5.30. The summed E-state index contributed by atoms with van der Waals surface area (Å²) in [6.45, 7) is 1.62. The Kier molecular flexibility index (Phi) is 5.74. The van der Waals surface area contributed by atoms with Gasteiger partial charge in [-0.25, -0.2) is 4.79 Å². The molecule has 0 aliphatic carbocycles. The average Bonchev–Trinajstić information content (AvgIpc) is 2.35. The lowest BCUT2D eigenvalue weighted by Crippen LogP contribution is -2.29. The number of rotatable bonds is 1. The predicted octanol–water partition coefficient (Wildman–Crippen LogP) is -0.499. The molecule has 19 heavy (non-hydrogen) atoms. The van der Waals surface area contributed by atoms with E-state index >= 15 is 0 Å². The van der Waals surface area contributed by atoms with Gasteiger partial charge >= 0.3 is 12.8 Å². The van der Waals surface area contributed by atoms with E-state index in [1.54, 1.807) is 25.1 Å². The topological polar surface area (TPSA) is 106 Å². The summed E-state index contributed by atoms with van der Waals surface area (Å²) < 4.78 is 0.845. The molecule has 0 fully saturated rings. The van der Waals surface area contributed by atoms with E-state index in [-0.39, 0.29) is 5.56 Å². The van der Waals surface area contributed by atoms with Crippen molar-refractivity contribution in [2.75, 3.05) is 0 Å². The summed E-state index contributed by atoms with van der Waals surface area (Å²) in [6.07, 6.45) is 1.38. The van der Waals surface area contributed by atoms with E-state index in [2.05, 4.69) is 25.9 Å². The molecule has 2 rings (SSSR count).